The highest BCUT2D eigenvalue weighted by molar-refractivity contribution is 6.07. The number of nitrogens with zero attached hydrogens (tertiary/aromatic N) is 2. The first-order valence-electron chi connectivity index (χ1n) is 5.08. The summed E-state index contributed by atoms with van der Waals surface area (Å²) >= 11 is 0. The number of carbonyl (C=O) groups excluding carboxylic acids is 1. The van der Waals surface area contributed by atoms with E-state index in [4.69, 9.17) is 5.73 Å². The number of aromatic nitrogens is 2. The summed E-state index contributed by atoms with van der Waals surface area (Å²) < 4.78 is 15.1. The van der Waals surface area contributed by atoms with Gasteiger partial charge in [-0.1, -0.05) is 0 Å². The fraction of sp³-hybridized carbons (Fsp3) is 0.167. The van der Waals surface area contributed by atoms with Crippen molar-refractivity contribution in [1.29, 1.82) is 0 Å². The summed E-state index contributed by atoms with van der Waals surface area (Å²) in [5, 5.41) is 0. The maximum atomic E-state index is 13.5. The molecule has 1 aromatic heterocycles. The smallest absolute Gasteiger partial charge is 0.228 e. The normalized spacial score (nSPS) is 10.5. The quantitative estimate of drug-likeness (QED) is 0.634. The number of imidazole rings is 1. The number of aryl methyl sites for hydroxylation is 1. The van der Waals surface area contributed by atoms with Crippen molar-refractivity contribution in [3.8, 4) is 0 Å². The van der Waals surface area contributed by atoms with Crippen LogP contribution in [-0.2, 0) is 7.05 Å². The van der Waals surface area contributed by atoms with Crippen molar-refractivity contribution in [2.75, 3.05) is 5.73 Å². The lowest BCUT2D eigenvalue weighted by atomic mass is 10.1. The Morgan fingerprint density at radius 1 is 1.47 bits per heavy atom. The summed E-state index contributed by atoms with van der Waals surface area (Å²) in [5.74, 6) is -0.571. The van der Waals surface area contributed by atoms with Crippen LogP contribution in [0, 0.1) is 12.7 Å². The zero-order chi connectivity index (χ0) is 12.6. The Morgan fingerprint density at radius 3 is 2.71 bits per heavy atom. The number of hydrogen-bond donors (Lipinski definition) is 1. The Bertz CT molecular complexity index is 566. The molecule has 0 aliphatic heterocycles. The molecule has 2 rings (SSSR count). The van der Waals surface area contributed by atoms with Crippen molar-refractivity contribution in [3.63, 3.8) is 0 Å². The van der Waals surface area contributed by atoms with Crippen LogP contribution >= 0.6 is 0 Å². The number of rotatable bonds is 2. The molecular formula is C12H12FN3O. The molecule has 0 fully saturated rings. The molecule has 5 heteroatoms. The van der Waals surface area contributed by atoms with Gasteiger partial charge in [0.2, 0.25) is 5.78 Å². The Labute approximate surface area is 97.9 Å². The topological polar surface area (TPSA) is 60.9 Å². The molecule has 4 nitrogen and oxygen atoms in total. The highest BCUT2D eigenvalue weighted by Crippen LogP contribution is 2.19. The fourth-order valence-corrected chi connectivity index (χ4v) is 1.54. The molecule has 0 aliphatic rings. The van der Waals surface area contributed by atoms with E-state index in [0.717, 1.165) is 0 Å². The summed E-state index contributed by atoms with van der Waals surface area (Å²) in [6.07, 6.45) is 3.17. The first-order valence-corrected chi connectivity index (χ1v) is 5.08. The number of nitrogens with two attached hydrogens (primary N) is 1. The monoisotopic (exact) mass is 233 g/mol. The zero-order valence-electron chi connectivity index (χ0n) is 9.57. The molecule has 88 valence electrons. The summed E-state index contributed by atoms with van der Waals surface area (Å²) in [5.41, 5.74) is 6.45. The Balaban J connectivity index is 2.49. The summed E-state index contributed by atoms with van der Waals surface area (Å²) in [4.78, 5) is 16.0. The number of ketones is 1. The minimum Gasteiger partial charge on any atom is -0.398 e. The first-order chi connectivity index (χ1) is 8.00. The van der Waals surface area contributed by atoms with Gasteiger partial charge in [0.15, 0.2) is 5.82 Å². The maximum absolute atomic E-state index is 13.5. The third-order valence-corrected chi connectivity index (χ3v) is 2.67. The SMILES string of the molecule is Cc1c(N)cc(C(=O)c2nccn2C)cc1F. The minimum absolute atomic E-state index is 0.208. The van der Waals surface area contributed by atoms with Gasteiger partial charge >= 0.3 is 0 Å². The molecule has 0 unspecified atom stereocenters. The average Bonchev–Trinajstić information content (AvgIpc) is 2.70. The van der Waals surface area contributed by atoms with Crippen LogP contribution in [0.3, 0.4) is 0 Å². The molecule has 0 amide bonds. The number of benzene rings is 1. The van der Waals surface area contributed by atoms with E-state index in [2.05, 4.69) is 4.98 Å². The molecular weight excluding hydrogens is 221 g/mol. The minimum atomic E-state index is -0.484. The molecule has 2 aromatic rings. The van der Waals surface area contributed by atoms with E-state index in [1.165, 1.54) is 18.3 Å². The van der Waals surface area contributed by atoms with Gasteiger partial charge in [-0.2, -0.15) is 0 Å². The van der Waals surface area contributed by atoms with Gasteiger partial charge in [-0.05, 0) is 19.1 Å². The molecule has 0 bridgehead atoms. The van der Waals surface area contributed by atoms with Gasteiger partial charge in [0.05, 0.1) is 0 Å². The molecule has 2 N–H and O–H groups in total. The van der Waals surface area contributed by atoms with Gasteiger partial charge in [0, 0.05) is 36.3 Å². The Hall–Kier alpha value is -2.17. The second-order valence-electron chi connectivity index (χ2n) is 3.86. The van der Waals surface area contributed by atoms with E-state index < -0.39 is 5.82 Å². The molecule has 1 aromatic carbocycles. The van der Waals surface area contributed by atoms with Crippen LogP contribution in [0.4, 0.5) is 10.1 Å². The second kappa shape index (κ2) is 4.01. The van der Waals surface area contributed by atoms with E-state index in [1.54, 1.807) is 24.7 Å². The van der Waals surface area contributed by atoms with Crippen LogP contribution in [0.2, 0.25) is 0 Å². The summed E-state index contributed by atoms with van der Waals surface area (Å²) in [6.45, 7) is 1.57. The third kappa shape index (κ3) is 1.91. The van der Waals surface area contributed by atoms with Crippen LogP contribution in [0.1, 0.15) is 21.7 Å². The van der Waals surface area contributed by atoms with Crippen LogP contribution in [-0.4, -0.2) is 15.3 Å². The number of anilines is 1. The lowest BCUT2D eigenvalue weighted by molar-refractivity contribution is 0.102. The standard InChI is InChI=1S/C12H12FN3O/c1-7-9(13)5-8(6-10(7)14)11(17)12-15-3-4-16(12)2/h3-6H,14H2,1-2H3. The Kier molecular flexibility index (Phi) is 2.67. The Morgan fingerprint density at radius 2 is 2.18 bits per heavy atom. The molecule has 1 heterocycles. The molecule has 0 aliphatic carbocycles. The van der Waals surface area contributed by atoms with Gasteiger partial charge < -0.3 is 10.3 Å². The molecule has 0 spiro atoms. The number of nitrogen functional groups attached to an aromatic ring is 1. The van der Waals surface area contributed by atoms with E-state index >= 15 is 0 Å². The van der Waals surface area contributed by atoms with Crippen LogP contribution in [0.5, 0.6) is 0 Å². The van der Waals surface area contributed by atoms with Crippen molar-refractivity contribution in [2.24, 2.45) is 7.05 Å². The van der Waals surface area contributed by atoms with Crippen LogP contribution in [0.25, 0.3) is 0 Å². The van der Waals surface area contributed by atoms with Crippen molar-refractivity contribution in [2.45, 2.75) is 6.92 Å². The number of carbonyl (C=O) groups is 1. The van der Waals surface area contributed by atoms with Crippen molar-refractivity contribution in [3.05, 3.63) is 47.3 Å². The highest BCUT2D eigenvalue weighted by Gasteiger charge is 2.16. The third-order valence-electron chi connectivity index (χ3n) is 2.67. The fourth-order valence-electron chi connectivity index (χ4n) is 1.54. The van der Waals surface area contributed by atoms with Gasteiger partial charge in [-0.25, -0.2) is 9.37 Å². The van der Waals surface area contributed by atoms with Crippen LogP contribution in [0.15, 0.2) is 24.5 Å². The highest BCUT2D eigenvalue weighted by atomic mass is 19.1. The van der Waals surface area contributed by atoms with Gasteiger partial charge in [-0.3, -0.25) is 4.79 Å². The second-order valence-corrected chi connectivity index (χ2v) is 3.86. The van der Waals surface area contributed by atoms with E-state index in [1.807, 2.05) is 0 Å². The van der Waals surface area contributed by atoms with Crippen molar-refractivity contribution < 1.29 is 9.18 Å². The molecule has 0 radical (unpaired) electrons. The van der Waals surface area contributed by atoms with Gasteiger partial charge in [-0.15, -0.1) is 0 Å². The van der Waals surface area contributed by atoms with Gasteiger partial charge in [0.1, 0.15) is 5.82 Å². The van der Waals surface area contributed by atoms with Crippen molar-refractivity contribution >= 4 is 11.5 Å². The van der Waals surface area contributed by atoms with Crippen molar-refractivity contribution in [1.82, 2.24) is 9.55 Å². The van der Waals surface area contributed by atoms with E-state index in [-0.39, 0.29) is 22.9 Å². The average molecular weight is 233 g/mol. The zero-order valence-corrected chi connectivity index (χ0v) is 9.57. The summed E-state index contributed by atoms with van der Waals surface area (Å²) in [7, 11) is 1.70. The maximum Gasteiger partial charge on any atom is 0.228 e. The molecule has 0 saturated carbocycles. The largest absolute Gasteiger partial charge is 0.398 e. The lowest BCUT2D eigenvalue weighted by Gasteiger charge is -2.06. The predicted octanol–water partition coefficient (Wildman–Crippen LogP) is 1.68. The van der Waals surface area contributed by atoms with Crippen LogP contribution < -0.4 is 5.73 Å². The predicted molar refractivity (Wildman–Crippen MR) is 62.2 cm³/mol. The molecule has 17 heavy (non-hydrogen) atoms. The van der Waals surface area contributed by atoms with E-state index in [9.17, 15) is 9.18 Å². The number of halogens is 1. The number of hydrogen-bond acceptors (Lipinski definition) is 3. The van der Waals surface area contributed by atoms with Gasteiger partial charge in [0.25, 0.3) is 0 Å². The summed E-state index contributed by atoms with van der Waals surface area (Å²) in [6, 6.07) is 2.65. The molecule has 0 atom stereocenters. The first kappa shape index (κ1) is 11.3. The van der Waals surface area contributed by atoms with E-state index in [0.29, 0.717) is 5.56 Å². The molecule has 0 saturated heterocycles. The lowest BCUT2D eigenvalue weighted by Crippen LogP contribution is -2.10.